The topological polar surface area (TPSA) is 75.7 Å². The monoisotopic (exact) mass is 380 g/mol. The number of carbonyl (C=O) groups excluding carboxylic acids is 1. The van der Waals surface area contributed by atoms with Gasteiger partial charge >= 0.3 is 0 Å². The van der Waals surface area contributed by atoms with Crippen molar-refractivity contribution in [2.45, 2.75) is 32.1 Å². The van der Waals surface area contributed by atoms with E-state index in [1.165, 1.54) is 29.0 Å². The molecule has 1 amide bonds. The molecule has 0 radical (unpaired) electrons. The fourth-order valence-corrected chi connectivity index (χ4v) is 3.83. The van der Waals surface area contributed by atoms with E-state index >= 15 is 0 Å². The van der Waals surface area contributed by atoms with Gasteiger partial charge in [-0.1, -0.05) is 11.6 Å². The van der Waals surface area contributed by atoms with Crippen molar-refractivity contribution in [2.24, 2.45) is 0 Å². The Morgan fingerprint density at radius 1 is 1.19 bits per heavy atom. The first kappa shape index (κ1) is 20.5. The number of carbonyl (C=O) groups is 1. The third-order valence-corrected chi connectivity index (χ3v) is 5.84. The minimum Gasteiger partial charge on any atom is -0.497 e. The standard InChI is InChI=1S/C19H28N2O4S/c1-25-18-10-8-17(9-11-18)19(22)20-13-15-21(26(2,23)24)14-12-16-6-4-3-5-7-16/h6,8-11H,3-5,7,12-15H2,1-2H3,(H,20,22). The molecule has 1 aromatic rings. The van der Waals surface area contributed by atoms with Crippen molar-refractivity contribution < 1.29 is 17.9 Å². The Bertz CT molecular complexity index is 726. The third-order valence-electron chi connectivity index (χ3n) is 4.54. The van der Waals surface area contributed by atoms with Gasteiger partial charge in [-0.3, -0.25) is 4.79 Å². The molecule has 1 aliphatic carbocycles. The second kappa shape index (κ2) is 9.73. The maximum absolute atomic E-state index is 12.2. The highest BCUT2D eigenvalue weighted by atomic mass is 32.2. The van der Waals surface area contributed by atoms with E-state index in [0.29, 0.717) is 17.9 Å². The molecule has 0 spiro atoms. The number of nitrogens with one attached hydrogen (secondary N) is 1. The predicted molar refractivity (Wildman–Crippen MR) is 103 cm³/mol. The molecule has 0 heterocycles. The van der Waals surface area contributed by atoms with Gasteiger partial charge in [-0.05, 0) is 56.4 Å². The number of sulfonamides is 1. The molecule has 1 aromatic carbocycles. The van der Waals surface area contributed by atoms with E-state index in [-0.39, 0.29) is 19.0 Å². The van der Waals surface area contributed by atoms with E-state index in [9.17, 15) is 13.2 Å². The first-order valence-corrected chi connectivity index (χ1v) is 10.8. The van der Waals surface area contributed by atoms with Crippen LogP contribution in [0.25, 0.3) is 0 Å². The van der Waals surface area contributed by atoms with Crippen LogP contribution in [0.2, 0.25) is 0 Å². The summed E-state index contributed by atoms with van der Waals surface area (Å²) in [5.41, 5.74) is 1.86. The van der Waals surface area contributed by atoms with Gasteiger partial charge in [-0.15, -0.1) is 0 Å². The summed E-state index contributed by atoms with van der Waals surface area (Å²) in [6.07, 6.45) is 8.76. The number of nitrogens with zero attached hydrogens (tertiary/aromatic N) is 1. The fraction of sp³-hybridized carbons (Fsp3) is 0.526. The number of hydrogen-bond acceptors (Lipinski definition) is 4. The van der Waals surface area contributed by atoms with Crippen molar-refractivity contribution in [3.63, 3.8) is 0 Å². The maximum Gasteiger partial charge on any atom is 0.251 e. The van der Waals surface area contributed by atoms with E-state index in [0.717, 1.165) is 19.3 Å². The molecule has 0 aromatic heterocycles. The summed E-state index contributed by atoms with van der Waals surface area (Å²) in [7, 11) is -1.73. The summed E-state index contributed by atoms with van der Waals surface area (Å²) in [4.78, 5) is 12.2. The van der Waals surface area contributed by atoms with Crippen LogP contribution in [0.3, 0.4) is 0 Å². The SMILES string of the molecule is COc1ccc(C(=O)NCCN(CCC2=CCCCC2)S(C)(=O)=O)cc1. The van der Waals surface area contributed by atoms with E-state index in [1.807, 2.05) is 0 Å². The van der Waals surface area contributed by atoms with Crippen LogP contribution >= 0.6 is 0 Å². The van der Waals surface area contributed by atoms with Crippen LogP contribution < -0.4 is 10.1 Å². The highest BCUT2D eigenvalue weighted by Crippen LogP contribution is 2.20. The maximum atomic E-state index is 12.2. The molecule has 26 heavy (non-hydrogen) atoms. The Balaban J connectivity index is 1.84. The summed E-state index contributed by atoms with van der Waals surface area (Å²) in [6.45, 7) is 1.01. The summed E-state index contributed by atoms with van der Waals surface area (Å²) in [6, 6.07) is 6.79. The van der Waals surface area contributed by atoms with Crippen molar-refractivity contribution in [1.82, 2.24) is 9.62 Å². The summed E-state index contributed by atoms with van der Waals surface area (Å²) in [5, 5.41) is 2.78. The van der Waals surface area contributed by atoms with E-state index in [2.05, 4.69) is 11.4 Å². The number of methoxy groups -OCH3 is 1. The lowest BCUT2D eigenvalue weighted by Crippen LogP contribution is -2.38. The van der Waals surface area contributed by atoms with Gasteiger partial charge in [-0.2, -0.15) is 0 Å². The van der Waals surface area contributed by atoms with Gasteiger partial charge in [0.2, 0.25) is 10.0 Å². The zero-order valence-corrected chi connectivity index (χ0v) is 16.3. The smallest absolute Gasteiger partial charge is 0.251 e. The first-order valence-electron chi connectivity index (χ1n) is 8.95. The molecule has 7 heteroatoms. The molecule has 0 atom stereocenters. The van der Waals surface area contributed by atoms with Crippen LogP contribution in [0.5, 0.6) is 5.75 Å². The minimum absolute atomic E-state index is 0.226. The molecule has 0 aliphatic heterocycles. The zero-order valence-electron chi connectivity index (χ0n) is 15.5. The highest BCUT2D eigenvalue weighted by molar-refractivity contribution is 7.88. The Morgan fingerprint density at radius 3 is 2.50 bits per heavy atom. The van der Waals surface area contributed by atoms with Crippen LogP contribution in [0.15, 0.2) is 35.9 Å². The number of hydrogen-bond donors (Lipinski definition) is 1. The van der Waals surface area contributed by atoms with Gasteiger partial charge in [0.25, 0.3) is 5.91 Å². The van der Waals surface area contributed by atoms with Crippen molar-refractivity contribution >= 4 is 15.9 Å². The zero-order chi connectivity index (χ0) is 19.0. The average Bonchev–Trinajstić information content (AvgIpc) is 2.64. The molecule has 1 aliphatic rings. The van der Waals surface area contributed by atoms with Gasteiger partial charge in [0, 0.05) is 25.2 Å². The third kappa shape index (κ3) is 6.46. The summed E-state index contributed by atoms with van der Waals surface area (Å²) < 4.78 is 30.5. The van der Waals surface area contributed by atoms with Crippen molar-refractivity contribution in [3.05, 3.63) is 41.5 Å². The quantitative estimate of drug-likeness (QED) is 0.668. The number of allylic oxidation sites excluding steroid dienone is 1. The van der Waals surface area contributed by atoms with Crippen molar-refractivity contribution in [1.29, 1.82) is 0 Å². The van der Waals surface area contributed by atoms with Gasteiger partial charge in [-0.25, -0.2) is 12.7 Å². The lowest BCUT2D eigenvalue weighted by Gasteiger charge is -2.22. The van der Waals surface area contributed by atoms with Gasteiger partial charge < -0.3 is 10.1 Å². The molecule has 2 rings (SSSR count). The molecule has 0 saturated carbocycles. The van der Waals surface area contributed by atoms with E-state index in [4.69, 9.17) is 4.74 Å². The molecule has 0 bridgehead atoms. The Kier molecular flexibility index (Phi) is 7.66. The molecule has 6 nitrogen and oxygen atoms in total. The normalized spacial score (nSPS) is 14.8. The average molecular weight is 381 g/mol. The van der Waals surface area contributed by atoms with Gasteiger partial charge in [0.1, 0.15) is 5.75 Å². The summed E-state index contributed by atoms with van der Waals surface area (Å²) in [5.74, 6) is 0.456. The number of benzene rings is 1. The molecule has 0 fully saturated rings. The van der Waals surface area contributed by atoms with Gasteiger partial charge in [0.05, 0.1) is 13.4 Å². The second-order valence-corrected chi connectivity index (χ2v) is 8.49. The second-order valence-electron chi connectivity index (χ2n) is 6.50. The van der Waals surface area contributed by atoms with Crippen LogP contribution in [-0.4, -0.2) is 51.6 Å². The number of ether oxygens (including phenoxy) is 1. The lowest BCUT2D eigenvalue weighted by atomic mass is 9.97. The van der Waals surface area contributed by atoms with Crippen LogP contribution in [0, 0.1) is 0 Å². The van der Waals surface area contributed by atoms with Crippen molar-refractivity contribution in [2.75, 3.05) is 33.0 Å². The van der Waals surface area contributed by atoms with Gasteiger partial charge in [0.15, 0.2) is 0 Å². The Hall–Kier alpha value is -1.86. The highest BCUT2D eigenvalue weighted by Gasteiger charge is 2.17. The van der Waals surface area contributed by atoms with Crippen LogP contribution in [-0.2, 0) is 10.0 Å². The van der Waals surface area contributed by atoms with E-state index < -0.39 is 10.0 Å². The molecule has 0 saturated heterocycles. The molecule has 144 valence electrons. The molecule has 0 unspecified atom stereocenters. The van der Waals surface area contributed by atoms with E-state index in [1.54, 1.807) is 31.4 Å². The van der Waals surface area contributed by atoms with Crippen LogP contribution in [0.4, 0.5) is 0 Å². The largest absolute Gasteiger partial charge is 0.497 e. The van der Waals surface area contributed by atoms with Crippen molar-refractivity contribution in [3.8, 4) is 5.75 Å². The Labute approximate surface area is 156 Å². The number of rotatable bonds is 9. The lowest BCUT2D eigenvalue weighted by molar-refractivity contribution is 0.0951. The minimum atomic E-state index is -3.30. The fourth-order valence-electron chi connectivity index (χ4n) is 2.98. The predicted octanol–water partition coefficient (Wildman–Crippen LogP) is 2.58. The molecular weight excluding hydrogens is 352 g/mol. The number of amides is 1. The summed E-state index contributed by atoms with van der Waals surface area (Å²) >= 11 is 0. The Morgan fingerprint density at radius 2 is 1.92 bits per heavy atom. The molecular formula is C19H28N2O4S. The molecule has 1 N–H and O–H groups in total. The van der Waals surface area contributed by atoms with Crippen LogP contribution in [0.1, 0.15) is 42.5 Å². The first-order chi connectivity index (χ1) is 12.4.